The number of anilines is 2. The van der Waals surface area contributed by atoms with Gasteiger partial charge in [-0.2, -0.15) is 13.2 Å². The van der Waals surface area contributed by atoms with E-state index in [1.165, 1.54) is 24.5 Å². The van der Waals surface area contributed by atoms with Gasteiger partial charge in [-0.05, 0) is 36.8 Å². The van der Waals surface area contributed by atoms with E-state index < -0.39 is 23.0 Å². The maximum absolute atomic E-state index is 12.5. The summed E-state index contributed by atoms with van der Waals surface area (Å²) in [7, 11) is 0. The molecule has 7 nitrogen and oxygen atoms in total. The van der Waals surface area contributed by atoms with E-state index in [1.807, 2.05) is 0 Å². The van der Waals surface area contributed by atoms with Gasteiger partial charge in [0, 0.05) is 11.3 Å². The summed E-state index contributed by atoms with van der Waals surface area (Å²) in [5.41, 5.74) is 1.16. The molecule has 27 heavy (non-hydrogen) atoms. The van der Waals surface area contributed by atoms with Crippen LogP contribution in [0.2, 0.25) is 0 Å². The highest BCUT2D eigenvalue weighted by atomic mass is 32.1. The Kier molecular flexibility index (Phi) is 4.95. The van der Waals surface area contributed by atoms with Crippen molar-refractivity contribution in [3.63, 3.8) is 0 Å². The summed E-state index contributed by atoms with van der Waals surface area (Å²) in [6, 6.07) is 7.50. The summed E-state index contributed by atoms with van der Waals surface area (Å²) in [6.45, 7) is 1.72. The van der Waals surface area contributed by atoms with Crippen LogP contribution in [0, 0.1) is 6.92 Å². The molecule has 3 rings (SSSR count). The van der Waals surface area contributed by atoms with Crippen LogP contribution in [0.5, 0.6) is 0 Å². The molecule has 0 radical (unpaired) electrons. The third-order valence-corrected chi connectivity index (χ3v) is 4.26. The number of carbonyl (C=O) groups excluding carboxylic acids is 2. The Labute approximate surface area is 154 Å². The number of rotatable bonds is 4. The van der Waals surface area contributed by atoms with Crippen LogP contribution in [0.4, 0.5) is 24.0 Å². The number of furan rings is 1. The van der Waals surface area contributed by atoms with Crippen molar-refractivity contribution in [3.05, 3.63) is 58.5 Å². The Morgan fingerprint density at radius 1 is 1.11 bits per heavy atom. The monoisotopic (exact) mass is 396 g/mol. The third-order valence-electron chi connectivity index (χ3n) is 3.38. The Hall–Kier alpha value is -3.21. The zero-order valence-corrected chi connectivity index (χ0v) is 14.4. The van der Waals surface area contributed by atoms with E-state index in [1.54, 1.807) is 19.1 Å². The minimum absolute atomic E-state index is 0.0952. The molecule has 2 aromatic heterocycles. The number of hydrogen-bond acceptors (Lipinski definition) is 6. The zero-order chi connectivity index (χ0) is 19.6. The lowest BCUT2D eigenvalue weighted by molar-refractivity contribution is -0.138. The molecule has 2 N–H and O–H groups in total. The first-order valence-corrected chi connectivity index (χ1v) is 8.23. The van der Waals surface area contributed by atoms with Gasteiger partial charge in [-0.3, -0.25) is 14.9 Å². The molecule has 0 saturated heterocycles. The van der Waals surface area contributed by atoms with E-state index in [9.17, 15) is 22.8 Å². The summed E-state index contributed by atoms with van der Waals surface area (Å²) in [6.07, 6.45) is -3.28. The molecule has 1 aromatic carbocycles. The quantitative estimate of drug-likeness (QED) is 0.696. The van der Waals surface area contributed by atoms with E-state index in [0.717, 1.165) is 0 Å². The second kappa shape index (κ2) is 7.19. The van der Waals surface area contributed by atoms with Crippen molar-refractivity contribution in [2.45, 2.75) is 13.1 Å². The summed E-state index contributed by atoms with van der Waals surface area (Å²) < 4.78 is 42.6. The fraction of sp³-hybridized carbons (Fsp3) is 0.125. The van der Waals surface area contributed by atoms with E-state index >= 15 is 0 Å². The van der Waals surface area contributed by atoms with Gasteiger partial charge >= 0.3 is 6.18 Å². The molecule has 0 atom stereocenters. The highest BCUT2D eigenvalue weighted by Gasteiger charge is 2.35. The second-order valence-electron chi connectivity index (χ2n) is 5.33. The Morgan fingerprint density at radius 2 is 1.89 bits per heavy atom. The maximum Gasteiger partial charge on any atom is 0.445 e. The molecule has 0 bridgehead atoms. The number of aryl methyl sites for hydroxylation is 1. The SMILES string of the molecule is Cc1ccc(C(=O)Nc2nnc(C(F)(F)F)s2)cc1NC(=O)c1ccco1. The van der Waals surface area contributed by atoms with Crippen LogP contribution in [-0.2, 0) is 6.18 Å². The van der Waals surface area contributed by atoms with Gasteiger partial charge in [0.25, 0.3) is 11.8 Å². The van der Waals surface area contributed by atoms with Gasteiger partial charge < -0.3 is 9.73 Å². The largest absolute Gasteiger partial charge is 0.459 e. The lowest BCUT2D eigenvalue weighted by Gasteiger charge is -2.09. The second-order valence-corrected chi connectivity index (χ2v) is 6.30. The predicted octanol–water partition coefficient (Wildman–Crippen LogP) is 3.96. The molecule has 3 aromatic rings. The smallest absolute Gasteiger partial charge is 0.445 e. The van der Waals surface area contributed by atoms with E-state index in [0.29, 0.717) is 11.3 Å². The van der Waals surface area contributed by atoms with Gasteiger partial charge in [0.15, 0.2) is 5.76 Å². The van der Waals surface area contributed by atoms with E-state index in [-0.39, 0.29) is 27.8 Å². The first-order valence-electron chi connectivity index (χ1n) is 7.41. The lowest BCUT2D eigenvalue weighted by Crippen LogP contribution is -2.15. The molecule has 0 fully saturated rings. The van der Waals surface area contributed by atoms with Crippen LogP contribution in [-0.4, -0.2) is 22.0 Å². The van der Waals surface area contributed by atoms with Crippen molar-refractivity contribution in [2.75, 3.05) is 10.6 Å². The topological polar surface area (TPSA) is 97.1 Å². The van der Waals surface area contributed by atoms with Crippen LogP contribution in [0.15, 0.2) is 41.0 Å². The Bertz CT molecular complexity index is 983. The molecule has 2 amide bonds. The standard InChI is InChI=1S/C16H11F3N4O3S/c1-8-4-5-9(7-10(8)20-13(25)11-3-2-6-26-11)12(24)21-15-23-22-14(27-15)16(17,18)19/h2-7H,1H3,(H,20,25)(H,21,23,24). The molecule has 0 spiro atoms. The number of hydrogen-bond donors (Lipinski definition) is 2. The molecule has 0 aliphatic heterocycles. The van der Waals surface area contributed by atoms with Crippen LogP contribution in [0.25, 0.3) is 0 Å². The number of carbonyl (C=O) groups is 2. The van der Waals surface area contributed by atoms with Crippen molar-refractivity contribution in [3.8, 4) is 0 Å². The van der Waals surface area contributed by atoms with Crippen molar-refractivity contribution in [1.82, 2.24) is 10.2 Å². The zero-order valence-electron chi connectivity index (χ0n) is 13.6. The van der Waals surface area contributed by atoms with Crippen LogP contribution in [0.1, 0.15) is 31.5 Å². The molecule has 0 aliphatic carbocycles. The van der Waals surface area contributed by atoms with Gasteiger partial charge in [-0.1, -0.05) is 17.4 Å². The third kappa shape index (κ3) is 4.31. The molecular formula is C16H11F3N4O3S. The van der Waals surface area contributed by atoms with Crippen LogP contribution in [0.3, 0.4) is 0 Å². The summed E-state index contributed by atoms with van der Waals surface area (Å²) in [4.78, 5) is 24.3. The first kappa shape index (κ1) is 18.6. The lowest BCUT2D eigenvalue weighted by atomic mass is 10.1. The number of amides is 2. The maximum atomic E-state index is 12.5. The molecule has 0 aliphatic rings. The molecular weight excluding hydrogens is 385 g/mol. The Morgan fingerprint density at radius 3 is 2.52 bits per heavy atom. The number of aromatic nitrogens is 2. The highest BCUT2D eigenvalue weighted by Crippen LogP contribution is 2.33. The van der Waals surface area contributed by atoms with Crippen molar-refractivity contribution >= 4 is 34.0 Å². The van der Waals surface area contributed by atoms with Crippen LogP contribution < -0.4 is 10.6 Å². The minimum Gasteiger partial charge on any atom is -0.459 e. The Balaban J connectivity index is 1.75. The van der Waals surface area contributed by atoms with Crippen molar-refractivity contribution < 1.29 is 27.2 Å². The number of benzene rings is 1. The fourth-order valence-electron chi connectivity index (χ4n) is 2.05. The van der Waals surface area contributed by atoms with Crippen molar-refractivity contribution in [2.24, 2.45) is 0 Å². The van der Waals surface area contributed by atoms with Gasteiger partial charge in [0.1, 0.15) is 0 Å². The molecule has 140 valence electrons. The average molecular weight is 396 g/mol. The molecule has 11 heteroatoms. The number of halogens is 3. The highest BCUT2D eigenvalue weighted by molar-refractivity contribution is 7.15. The van der Waals surface area contributed by atoms with Gasteiger partial charge in [-0.15, -0.1) is 10.2 Å². The molecule has 0 unspecified atom stereocenters. The minimum atomic E-state index is -4.63. The van der Waals surface area contributed by atoms with Crippen LogP contribution >= 0.6 is 11.3 Å². The number of alkyl halides is 3. The van der Waals surface area contributed by atoms with Crippen molar-refractivity contribution in [1.29, 1.82) is 0 Å². The number of nitrogens with one attached hydrogen (secondary N) is 2. The van der Waals surface area contributed by atoms with E-state index in [4.69, 9.17) is 4.42 Å². The van der Waals surface area contributed by atoms with Gasteiger partial charge in [0.2, 0.25) is 10.1 Å². The predicted molar refractivity (Wildman–Crippen MR) is 90.7 cm³/mol. The fourth-order valence-corrected chi connectivity index (χ4v) is 2.65. The van der Waals surface area contributed by atoms with E-state index in [2.05, 4.69) is 20.8 Å². The normalized spacial score (nSPS) is 11.3. The first-order chi connectivity index (χ1) is 12.7. The average Bonchev–Trinajstić information content (AvgIpc) is 3.27. The summed E-state index contributed by atoms with van der Waals surface area (Å²) in [5, 5.41) is 9.72. The van der Waals surface area contributed by atoms with Gasteiger partial charge in [-0.25, -0.2) is 0 Å². The summed E-state index contributed by atoms with van der Waals surface area (Å²) in [5.74, 6) is -1.09. The van der Waals surface area contributed by atoms with Gasteiger partial charge in [0.05, 0.1) is 6.26 Å². The number of nitrogens with zero attached hydrogens (tertiary/aromatic N) is 2. The molecule has 0 saturated carbocycles. The molecule has 2 heterocycles. The summed E-state index contributed by atoms with van der Waals surface area (Å²) >= 11 is 0.218.